The third kappa shape index (κ3) is 3.98. The van der Waals surface area contributed by atoms with E-state index < -0.39 is 0 Å². The van der Waals surface area contributed by atoms with Gasteiger partial charge >= 0.3 is 0 Å². The van der Waals surface area contributed by atoms with Gasteiger partial charge in [-0.25, -0.2) is 4.98 Å². The van der Waals surface area contributed by atoms with Crippen molar-refractivity contribution < 1.29 is 4.79 Å². The van der Waals surface area contributed by atoms with E-state index in [9.17, 15) is 4.79 Å². The Balaban J connectivity index is 1.42. The van der Waals surface area contributed by atoms with Gasteiger partial charge in [-0.15, -0.1) is 0 Å². The Hall–Kier alpha value is -3.42. The normalized spacial score (nSPS) is 16.7. The number of aryl methyl sites for hydroxylation is 1. The highest BCUT2D eigenvalue weighted by molar-refractivity contribution is 6.03. The summed E-state index contributed by atoms with van der Waals surface area (Å²) in [6.45, 7) is 7.33. The molecule has 0 aliphatic carbocycles. The summed E-state index contributed by atoms with van der Waals surface area (Å²) in [7, 11) is 1.87. The second kappa shape index (κ2) is 8.14. The summed E-state index contributed by atoms with van der Waals surface area (Å²) >= 11 is 0. The van der Waals surface area contributed by atoms with Crippen LogP contribution in [0.3, 0.4) is 0 Å². The predicted molar refractivity (Wildman–Crippen MR) is 118 cm³/mol. The van der Waals surface area contributed by atoms with Crippen LogP contribution in [0.5, 0.6) is 0 Å². The van der Waals surface area contributed by atoms with Crippen LogP contribution in [0, 0.1) is 6.92 Å². The lowest BCUT2D eigenvalue weighted by Crippen LogP contribution is -2.44. The molecular weight excluding hydrogens is 378 g/mol. The fraction of sp³-hybridized carbons (Fsp3) is 0.364. The molecule has 1 aromatic carbocycles. The van der Waals surface area contributed by atoms with E-state index in [0.29, 0.717) is 24.1 Å². The monoisotopic (exact) mass is 405 g/mol. The van der Waals surface area contributed by atoms with E-state index in [1.54, 1.807) is 0 Å². The first-order valence-corrected chi connectivity index (χ1v) is 10.1. The Morgan fingerprint density at radius 3 is 2.77 bits per heavy atom. The highest BCUT2D eigenvalue weighted by Crippen LogP contribution is 2.32. The first-order valence-electron chi connectivity index (χ1n) is 10.1. The molecule has 0 unspecified atom stereocenters. The van der Waals surface area contributed by atoms with Gasteiger partial charge in [0.05, 0.1) is 11.9 Å². The molecule has 0 radical (unpaired) electrons. The maximum Gasteiger partial charge on any atom is 0.246 e. The summed E-state index contributed by atoms with van der Waals surface area (Å²) in [5.74, 6) is 1.59. The van der Waals surface area contributed by atoms with Crippen molar-refractivity contribution >= 4 is 23.4 Å². The van der Waals surface area contributed by atoms with Crippen molar-refractivity contribution in [1.82, 2.24) is 19.7 Å². The smallest absolute Gasteiger partial charge is 0.246 e. The molecule has 3 aromatic rings. The molecule has 2 atom stereocenters. The molecule has 3 heterocycles. The van der Waals surface area contributed by atoms with Crippen LogP contribution in [0.15, 0.2) is 42.7 Å². The highest BCUT2D eigenvalue weighted by atomic mass is 16.2. The maximum atomic E-state index is 12.1. The minimum atomic E-state index is -0.274. The van der Waals surface area contributed by atoms with Crippen LogP contribution in [0.25, 0.3) is 0 Å². The number of anilines is 3. The van der Waals surface area contributed by atoms with Crippen molar-refractivity contribution in [2.45, 2.75) is 45.8 Å². The topological polar surface area (TPSA) is 88.0 Å². The third-order valence-electron chi connectivity index (χ3n) is 5.58. The summed E-state index contributed by atoms with van der Waals surface area (Å²) in [6.07, 6.45) is 3.91. The van der Waals surface area contributed by atoms with E-state index >= 15 is 0 Å². The van der Waals surface area contributed by atoms with E-state index in [0.717, 1.165) is 23.6 Å². The van der Waals surface area contributed by atoms with E-state index in [2.05, 4.69) is 56.9 Å². The number of nitrogens with zero attached hydrogens (tertiary/aromatic N) is 5. The molecule has 4 rings (SSSR count). The van der Waals surface area contributed by atoms with E-state index in [1.165, 1.54) is 5.56 Å². The van der Waals surface area contributed by atoms with Crippen LogP contribution in [0.2, 0.25) is 0 Å². The number of carbonyl (C=O) groups is 1. The molecule has 1 amide bonds. The summed E-state index contributed by atoms with van der Waals surface area (Å²) in [6, 6.07) is 10.2. The van der Waals surface area contributed by atoms with Crippen LogP contribution in [-0.2, 0) is 17.9 Å². The molecule has 30 heavy (non-hydrogen) atoms. The van der Waals surface area contributed by atoms with Crippen LogP contribution < -0.4 is 15.5 Å². The number of rotatable bonds is 6. The molecule has 156 valence electrons. The molecule has 0 saturated carbocycles. The average Bonchev–Trinajstić information content (AvgIpc) is 3.19. The second-order valence-electron chi connectivity index (χ2n) is 7.84. The van der Waals surface area contributed by atoms with Gasteiger partial charge in [0.2, 0.25) is 11.9 Å². The van der Waals surface area contributed by atoms with Gasteiger partial charge in [0, 0.05) is 37.8 Å². The van der Waals surface area contributed by atoms with E-state index in [1.807, 2.05) is 48.9 Å². The standard InChI is InChI=1S/C22H27N7O/c1-14(18-8-6-5-7-9-18)12-29-13-17(11-24-29)10-23-22-25-15(2)19-20(27-22)28(4)16(3)21(30)26-19/h5-9,11,13-14,16H,10,12H2,1-4H3,(H,26,30)(H,23,25,27)/t14-,16-/m0/s1. The first-order chi connectivity index (χ1) is 14.4. The lowest BCUT2D eigenvalue weighted by Gasteiger charge is -2.32. The fourth-order valence-corrected chi connectivity index (χ4v) is 3.57. The lowest BCUT2D eigenvalue weighted by atomic mass is 10.0. The zero-order chi connectivity index (χ0) is 21.3. The zero-order valence-electron chi connectivity index (χ0n) is 17.8. The van der Waals surface area contributed by atoms with Gasteiger partial charge in [0.25, 0.3) is 0 Å². The van der Waals surface area contributed by atoms with Crippen LogP contribution in [0.4, 0.5) is 17.5 Å². The molecule has 0 spiro atoms. The largest absolute Gasteiger partial charge is 0.350 e. The predicted octanol–water partition coefficient (Wildman–Crippen LogP) is 3.17. The number of aromatic nitrogens is 4. The van der Waals surface area contributed by atoms with Crippen molar-refractivity contribution in [3.63, 3.8) is 0 Å². The molecule has 0 saturated heterocycles. The number of nitrogens with one attached hydrogen (secondary N) is 2. The van der Waals surface area contributed by atoms with E-state index in [4.69, 9.17) is 0 Å². The first kappa shape index (κ1) is 19.9. The summed E-state index contributed by atoms with van der Waals surface area (Å²) in [4.78, 5) is 23.0. The molecule has 1 aliphatic heterocycles. The Morgan fingerprint density at radius 1 is 1.23 bits per heavy atom. The summed E-state index contributed by atoms with van der Waals surface area (Å²) in [5, 5.41) is 10.7. The summed E-state index contributed by atoms with van der Waals surface area (Å²) in [5.41, 5.74) is 3.77. The minimum Gasteiger partial charge on any atom is -0.350 e. The van der Waals surface area contributed by atoms with Gasteiger partial charge in [0.15, 0.2) is 5.82 Å². The van der Waals surface area contributed by atoms with Crippen LogP contribution in [-0.4, -0.2) is 38.7 Å². The van der Waals surface area contributed by atoms with Gasteiger partial charge < -0.3 is 15.5 Å². The van der Waals surface area contributed by atoms with Gasteiger partial charge in [-0.2, -0.15) is 10.1 Å². The van der Waals surface area contributed by atoms with Crippen LogP contribution >= 0.6 is 0 Å². The molecule has 8 nitrogen and oxygen atoms in total. The van der Waals surface area contributed by atoms with Gasteiger partial charge in [-0.1, -0.05) is 37.3 Å². The molecule has 0 fully saturated rings. The maximum absolute atomic E-state index is 12.1. The molecule has 2 aromatic heterocycles. The van der Waals surface area contributed by atoms with Crippen molar-refractivity contribution in [3.8, 4) is 0 Å². The molecule has 0 bridgehead atoms. The average molecular weight is 406 g/mol. The quantitative estimate of drug-likeness (QED) is 0.655. The Bertz CT molecular complexity index is 1050. The van der Waals surface area contributed by atoms with Crippen LogP contribution in [0.1, 0.15) is 36.6 Å². The van der Waals surface area contributed by atoms with Crippen molar-refractivity contribution in [1.29, 1.82) is 0 Å². The van der Waals surface area contributed by atoms with E-state index in [-0.39, 0.29) is 11.9 Å². The third-order valence-corrected chi connectivity index (χ3v) is 5.58. The molecular formula is C22H27N7O. The number of fused-ring (bicyclic) bond motifs is 1. The van der Waals surface area contributed by atoms with Gasteiger partial charge in [-0.3, -0.25) is 9.48 Å². The highest BCUT2D eigenvalue weighted by Gasteiger charge is 2.30. The number of benzene rings is 1. The fourth-order valence-electron chi connectivity index (χ4n) is 3.57. The Labute approximate surface area is 176 Å². The number of amides is 1. The van der Waals surface area contributed by atoms with Crippen molar-refractivity contribution in [2.24, 2.45) is 0 Å². The second-order valence-corrected chi connectivity index (χ2v) is 7.84. The van der Waals surface area contributed by atoms with Gasteiger partial charge in [0.1, 0.15) is 11.7 Å². The van der Waals surface area contributed by atoms with Crippen molar-refractivity contribution in [2.75, 3.05) is 22.6 Å². The number of hydrogen-bond donors (Lipinski definition) is 2. The molecule has 1 aliphatic rings. The van der Waals surface area contributed by atoms with Gasteiger partial charge in [-0.05, 0) is 19.4 Å². The minimum absolute atomic E-state index is 0.0467. The lowest BCUT2D eigenvalue weighted by molar-refractivity contribution is -0.117. The number of carbonyl (C=O) groups excluding carboxylic acids is 1. The number of hydrogen-bond acceptors (Lipinski definition) is 6. The van der Waals surface area contributed by atoms with Crippen molar-refractivity contribution in [3.05, 3.63) is 59.5 Å². The SMILES string of the molecule is Cc1nc(NCc2cnn(C[C@H](C)c3ccccc3)c2)nc2c1NC(=O)[C@H](C)N2C. The Kier molecular flexibility index (Phi) is 5.39. The molecule has 2 N–H and O–H groups in total. The number of likely N-dealkylation sites (N-methyl/N-ethyl adjacent to an activating group) is 1. The molecule has 8 heteroatoms. The Morgan fingerprint density at radius 2 is 2.00 bits per heavy atom. The summed E-state index contributed by atoms with van der Waals surface area (Å²) < 4.78 is 1.97. The zero-order valence-corrected chi connectivity index (χ0v) is 17.8.